The van der Waals surface area contributed by atoms with Crippen LogP contribution in [-0.2, 0) is 28.6 Å². The Kier molecular flexibility index (Phi) is 5.45. The molecule has 0 bridgehead atoms. The van der Waals surface area contributed by atoms with E-state index in [4.69, 9.17) is 14.2 Å². The molecule has 0 radical (unpaired) electrons. The molecular weight excluding hydrogens is 348 g/mol. The lowest BCUT2D eigenvalue weighted by atomic mass is 9.53. The van der Waals surface area contributed by atoms with E-state index in [9.17, 15) is 14.4 Å². The van der Waals surface area contributed by atoms with Crippen LogP contribution in [0, 0.1) is 17.3 Å². The van der Waals surface area contributed by atoms with Crippen molar-refractivity contribution in [2.75, 3.05) is 0 Å². The van der Waals surface area contributed by atoms with Crippen molar-refractivity contribution < 1.29 is 28.6 Å². The molecule has 148 valence electrons. The van der Waals surface area contributed by atoms with Crippen LogP contribution in [0.5, 0.6) is 0 Å². The molecule has 0 aliphatic heterocycles. The number of allylic oxidation sites excluding steroid dienone is 4. The van der Waals surface area contributed by atoms with E-state index in [-0.39, 0.29) is 47.4 Å². The van der Waals surface area contributed by atoms with Crippen LogP contribution in [0.15, 0.2) is 23.5 Å². The summed E-state index contributed by atoms with van der Waals surface area (Å²) in [5, 5.41) is 0. The predicted molar refractivity (Wildman–Crippen MR) is 97.2 cm³/mol. The largest absolute Gasteiger partial charge is 0.462 e. The van der Waals surface area contributed by atoms with Gasteiger partial charge in [0, 0.05) is 39.0 Å². The minimum Gasteiger partial charge on any atom is -0.462 e. The summed E-state index contributed by atoms with van der Waals surface area (Å²) in [7, 11) is 0. The molecule has 5 unspecified atom stereocenters. The van der Waals surface area contributed by atoms with Gasteiger partial charge in [-0.1, -0.05) is 13.0 Å². The van der Waals surface area contributed by atoms with Gasteiger partial charge < -0.3 is 14.2 Å². The van der Waals surface area contributed by atoms with E-state index in [1.165, 1.54) is 20.8 Å². The van der Waals surface area contributed by atoms with Crippen molar-refractivity contribution >= 4 is 17.9 Å². The summed E-state index contributed by atoms with van der Waals surface area (Å²) in [6.07, 6.45) is 7.34. The fourth-order valence-electron chi connectivity index (χ4n) is 5.23. The Morgan fingerprint density at radius 3 is 2.26 bits per heavy atom. The van der Waals surface area contributed by atoms with Crippen LogP contribution in [0.2, 0.25) is 0 Å². The molecular formula is C21H28O6. The van der Waals surface area contributed by atoms with E-state index in [0.29, 0.717) is 25.0 Å². The quantitative estimate of drug-likeness (QED) is 0.554. The molecule has 3 aliphatic carbocycles. The number of ether oxygens (including phenoxy) is 3. The first-order valence-electron chi connectivity index (χ1n) is 9.65. The molecule has 27 heavy (non-hydrogen) atoms. The average Bonchev–Trinajstić information content (AvgIpc) is 2.55. The first kappa shape index (κ1) is 19.6. The molecule has 1 saturated carbocycles. The second-order valence-electron chi connectivity index (χ2n) is 8.08. The summed E-state index contributed by atoms with van der Waals surface area (Å²) in [6.45, 7) is 6.47. The first-order valence-corrected chi connectivity index (χ1v) is 9.65. The third kappa shape index (κ3) is 3.94. The lowest BCUT2D eigenvalue weighted by Crippen LogP contribution is -2.53. The molecule has 0 saturated heterocycles. The summed E-state index contributed by atoms with van der Waals surface area (Å²) in [4.78, 5) is 34.6. The molecule has 5 atom stereocenters. The highest BCUT2D eigenvalue weighted by molar-refractivity contribution is 5.68. The zero-order chi connectivity index (χ0) is 19.8. The summed E-state index contributed by atoms with van der Waals surface area (Å²) in [5.41, 5.74) is 0.901. The predicted octanol–water partition coefficient (Wildman–Crippen LogP) is 3.45. The van der Waals surface area contributed by atoms with E-state index in [2.05, 4.69) is 13.0 Å². The number of hydrogen-bond acceptors (Lipinski definition) is 6. The molecule has 0 aromatic carbocycles. The normalized spacial score (nSPS) is 35.0. The Balaban J connectivity index is 1.95. The van der Waals surface area contributed by atoms with E-state index in [1.54, 1.807) is 0 Å². The van der Waals surface area contributed by atoms with Gasteiger partial charge in [0.05, 0.1) is 0 Å². The molecule has 0 N–H and O–H groups in total. The number of rotatable bonds is 3. The van der Waals surface area contributed by atoms with Gasteiger partial charge in [0.15, 0.2) is 0 Å². The average molecular weight is 376 g/mol. The van der Waals surface area contributed by atoms with Crippen molar-refractivity contribution in [3.63, 3.8) is 0 Å². The molecule has 6 nitrogen and oxygen atoms in total. The van der Waals surface area contributed by atoms with Crippen LogP contribution >= 0.6 is 0 Å². The number of hydrogen-bond donors (Lipinski definition) is 0. The fourth-order valence-corrected chi connectivity index (χ4v) is 5.23. The maximum Gasteiger partial charge on any atom is 0.307 e. The SMILES string of the molecule is CC(=O)OC1=CC2=CCC3C(OC(C)=O)CCC(OC(C)=O)C3C2(C)CC1. The lowest BCUT2D eigenvalue weighted by molar-refractivity contribution is -0.174. The molecule has 3 rings (SSSR count). The number of fused-ring (bicyclic) bond motifs is 3. The van der Waals surface area contributed by atoms with Gasteiger partial charge in [-0.05, 0) is 42.7 Å². The molecule has 0 aromatic heterocycles. The van der Waals surface area contributed by atoms with Crippen molar-refractivity contribution in [2.24, 2.45) is 17.3 Å². The zero-order valence-electron chi connectivity index (χ0n) is 16.4. The smallest absolute Gasteiger partial charge is 0.307 e. The van der Waals surface area contributed by atoms with E-state index >= 15 is 0 Å². The molecule has 3 aliphatic rings. The Bertz CT molecular complexity index is 705. The summed E-state index contributed by atoms with van der Waals surface area (Å²) in [5.74, 6) is -0.00808. The second kappa shape index (κ2) is 7.49. The highest BCUT2D eigenvalue weighted by Crippen LogP contribution is 2.57. The van der Waals surface area contributed by atoms with Crippen LogP contribution in [0.25, 0.3) is 0 Å². The summed E-state index contributed by atoms with van der Waals surface area (Å²) >= 11 is 0. The maximum atomic E-state index is 11.7. The van der Waals surface area contributed by atoms with Crippen LogP contribution in [-0.4, -0.2) is 30.1 Å². The van der Waals surface area contributed by atoms with E-state index in [1.807, 2.05) is 6.08 Å². The summed E-state index contributed by atoms with van der Waals surface area (Å²) < 4.78 is 16.6. The van der Waals surface area contributed by atoms with Crippen molar-refractivity contribution in [1.29, 1.82) is 0 Å². The van der Waals surface area contributed by atoms with Gasteiger partial charge in [0.25, 0.3) is 0 Å². The van der Waals surface area contributed by atoms with Crippen LogP contribution in [0.1, 0.15) is 59.8 Å². The number of carbonyl (C=O) groups is 3. The topological polar surface area (TPSA) is 78.9 Å². The van der Waals surface area contributed by atoms with Crippen molar-refractivity contribution in [2.45, 2.75) is 72.0 Å². The zero-order valence-corrected chi connectivity index (χ0v) is 16.4. The Hall–Kier alpha value is -2.11. The Labute approximate surface area is 159 Å². The monoisotopic (exact) mass is 376 g/mol. The van der Waals surface area contributed by atoms with Crippen molar-refractivity contribution in [1.82, 2.24) is 0 Å². The Morgan fingerprint density at radius 1 is 1.00 bits per heavy atom. The van der Waals surface area contributed by atoms with Gasteiger partial charge in [-0.25, -0.2) is 0 Å². The third-order valence-electron chi connectivity index (χ3n) is 6.20. The second-order valence-corrected chi connectivity index (χ2v) is 8.08. The van der Waals surface area contributed by atoms with Crippen LogP contribution in [0.3, 0.4) is 0 Å². The number of esters is 3. The Morgan fingerprint density at radius 2 is 1.63 bits per heavy atom. The highest BCUT2D eigenvalue weighted by atomic mass is 16.6. The maximum absolute atomic E-state index is 11.7. The molecule has 0 spiro atoms. The van der Waals surface area contributed by atoms with Crippen LogP contribution < -0.4 is 0 Å². The fraction of sp³-hybridized carbons (Fsp3) is 0.667. The van der Waals surface area contributed by atoms with Gasteiger partial charge >= 0.3 is 17.9 Å². The number of carbonyl (C=O) groups excluding carboxylic acids is 3. The minimum atomic E-state index is -0.315. The van der Waals surface area contributed by atoms with E-state index < -0.39 is 0 Å². The first-order chi connectivity index (χ1) is 12.7. The molecule has 0 aromatic rings. The molecule has 0 amide bonds. The van der Waals surface area contributed by atoms with Gasteiger partial charge in [-0.15, -0.1) is 0 Å². The molecule has 1 fully saturated rings. The van der Waals surface area contributed by atoms with Gasteiger partial charge in [-0.2, -0.15) is 0 Å². The van der Waals surface area contributed by atoms with Crippen LogP contribution in [0.4, 0.5) is 0 Å². The highest BCUT2D eigenvalue weighted by Gasteiger charge is 2.54. The molecule has 0 heterocycles. The lowest BCUT2D eigenvalue weighted by Gasteiger charge is -2.54. The summed E-state index contributed by atoms with van der Waals surface area (Å²) in [6, 6.07) is 0. The standard InChI is InChI=1S/C21H28O6/c1-12(22)25-16-9-10-21(4)15(11-16)5-6-17-18(26-13(2)23)7-8-19(20(17)21)27-14(3)24/h5,11,17-20H,6-10H2,1-4H3. The third-order valence-corrected chi connectivity index (χ3v) is 6.20. The van der Waals surface area contributed by atoms with Crippen molar-refractivity contribution in [3.05, 3.63) is 23.5 Å². The minimum absolute atomic E-state index is 0.0645. The van der Waals surface area contributed by atoms with Gasteiger partial charge in [0.2, 0.25) is 0 Å². The van der Waals surface area contributed by atoms with Crippen molar-refractivity contribution in [3.8, 4) is 0 Å². The van der Waals surface area contributed by atoms with E-state index in [0.717, 1.165) is 18.4 Å². The van der Waals surface area contributed by atoms with Gasteiger partial charge in [0.1, 0.15) is 18.0 Å². The molecule has 6 heteroatoms. The van der Waals surface area contributed by atoms with Gasteiger partial charge in [-0.3, -0.25) is 14.4 Å².